The number of hydrogen-bond acceptors (Lipinski definition) is 2. The summed E-state index contributed by atoms with van der Waals surface area (Å²) in [5.74, 6) is 3.13. The van der Waals surface area contributed by atoms with Crippen LogP contribution in [0.4, 0.5) is 0 Å². The molecule has 1 heterocycles. The Hall–Kier alpha value is -0.0800. The topological polar surface area (TPSA) is 24.1 Å². The van der Waals surface area contributed by atoms with Gasteiger partial charge in [-0.3, -0.25) is 0 Å². The van der Waals surface area contributed by atoms with Crippen LogP contribution in [0.1, 0.15) is 51.4 Å². The third kappa shape index (κ3) is 3.69. The van der Waals surface area contributed by atoms with Crippen LogP contribution < -0.4 is 10.6 Å². The van der Waals surface area contributed by atoms with Crippen LogP contribution in [0.5, 0.6) is 0 Å². The van der Waals surface area contributed by atoms with E-state index in [9.17, 15) is 0 Å². The van der Waals surface area contributed by atoms with Crippen LogP contribution in [-0.4, -0.2) is 25.7 Å². The Morgan fingerprint density at radius 1 is 0.941 bits per heavy atom. The average Bonchev–Trinajstić information content (AvgIpc) is 3.24. The standard InChI is InChI=1S/C15H28N2/c1(2-12-7-10-16-11-8-12)9-17-15(13-3-4-13)14-5-6-14/h12-17H,1-11H2. The van der Waals surface area contributed by atoms with E-state index in [-0.39, 0.29) is 0 Å². The van der Waals surface area contributed by atoms with Crippen LogP contribution >= 0.6 is 0 Å². The molecule has 0 atom stereocenters. The molecule has 2 nitrogen and oxygen atoms in total. The van der Waals surface area contributed by atoms with Gasteiger partial charge in [-0.15, -0.1) is 0 Å². The first-order chi connectivity index (χ1) is 8.43. The summed E-state index contributed by atoms with van der Waals surface area (Å²) in [5.41, 5.74) is 0. The van der Waals surface area contributed by atoms with Gasteiger partial charge in [-0.1, -0.05) is 0 Å². The van der Waals surface area contributed by atoms with Crippen molar-refractivity contribution in [1.82, 2.24) is 10.6 Å². The molecule has 0 radical (unpaired) electrons. The maximum atomic E-state index is 3.87. The molecule has 3 aliphatic rings. The maximum Gasteiger partial charge on any atom is 0.0124 e. The number of piperidine rings is 1. The minimum Gasteiger partial charge on any atom is -0.317 e. The zero-order valence-electron chi connectivity index (χ0n) is 11.1. The fraction of sp³-hybridized carbons (Fsp3) is 1.00. The van der Waals surface area contributed by atoms with Gasteiger partial charge in [-0.2, -0.15) is 0 Å². The molecule has 2 saturated carbocycles. The molecule has 0 aromatic rings. The van der Waals surface area contributed by atoms with E-state index in [0.29, 0.717) is 0 Å². The molecule has 0 bridgehead atoms. The molecule has 0 aromatic heterocycles. The molecule has 0 aromatic carbocycles. The Bertz CT molecular complexity index is 215. The van der Waals surface area contributed by atoms with E-state index in [1.54, 1.807) is 0 Å². The third-order valence-corrected chi connectivity index (χ3v) is 4.89. The van der Waals surface area contributed by atoms with Crippen molar-refractivity contribution in [3.8, 4) is 0 Å². The fourth-order valence-electron chi connectivity index (χ4n) is 3.46. The van der Waals surface area contributed by atoms with E-state index >= 15 is 0 Å². The van der Waals surface area contributed by atoms with Gasteiger partial charge in [0, 0.05) is 6.04 Å². The van der Waals surface area contributed by atoms with Crippen molar-refractivity contribution in [3.63, 3.8) is 0 Å². The predicted molar refractivity (Wildman–Crippen MR) is 72.1 cm³/mol. The van der Waals surface area contributed by atoms with Gasteiger partial charge in [-0.05, 0) is 88.8 Å². The van der Waals surface area contributed by atoms with Gasteiger partial charge < -0.3 is 10.6 Å². The Kier molecular flexibility index (Phi) is 4.02. The van der Waals surface area contributed by atoms with Crippen molar-refractivity contribution < 1.29 is 0 Å². The van der Waals surface area contributed by atoms with Crippen molar-refractivity contribution in [3.05, 3.63) is 0 Å². The van der Waals surface area contributed by atoms with E-state index in [0.717, 1.165) is 23.8 Å². The van der Waals surface area contributed by atoms with Crippen molar-refractivity contribution in [2.45, 2.75) is 57.4 Å². The Balaban J connectivity index is 1.28. The number of nitrogens with one attached hydrogen (secondary N) is 2. The van der Waals surface area contributed by atoms with Crippen LogP contribution in [-0.2, 0) is 0 Å². The highest BCUT2D eigenvalue weighted by Crippen LogP contribution is 2.44. The summed E-state index contributed by atoms with van der Waals surface area (Å²) < 4.78 is 0. The SMILES string of the molecule is C(CNC(C1CC1)C1CC1)CC1CCNCC1. The second-order valence-electron chi connectivity index (χ2n) is 6.49. The largest absolute Gasteiger partial charge is 0.317 e. The van der Waals surface area contributed by atoms with Crippen LogP contribution in [0.2, 0.25) is 0 Å². The van der Waals surface area contributed by atoms with Crippen LogP contribution in [0.3, 0.4) is 0 Å². The van der Waals surface area contributed by atoms with Gasteiger partial charge >= 0.3 is 0 Å². The smallest absolute Gasteiger partial charge is 0.0124 e. The molecule has 2 heteroatoms. The Labute approximate surface area is 106 Å². The molecular weight excluding hydrogens is 208 g/mol. The van der Waals surface area contributed by atoms with Gasteiger partial charge in [0.1, 0.15) is 0 Å². The highest BCUT2D eigenvalue weighted by atomic mass is 14.9. The van der Waals surface area contributed by atoms with E-state index < -0.39 is 0 Å². The molecule has 0 spiro atoms. The molecule has 2 N–H and O–H groups in total. The predicted octanol–water partition coefficient (Wildman–Crippen LogP) is 2.54. The molecule has 1 aliphatic heterocycles. The number of hydrogen-bond donors (Lipinski definition) is 2. The first-order valence-corrected chi connectivity index (χ1v) is 7.87. The second-order valence-corrected chi connectivity index (χ2v) is 6.49. The van der Waals surface area contributed by atoms with Crippen molar-refractivity contribution in [2.75, 3.05) is 19.6 Å². The first kappa shape index (κ1) is 12.0. The Morgan fingerprint density at radius 2 is 1.59 bits per heavy atom. The van der Waals surface area contributed by atoms with Crippen LogP contribution in [0, 0.1) is 17.8 Å². The Morgan fingerprint density at radius 3 is 2.18 bits per heavy atom. The van der Waals surface area contributed by atoms with E-state index in [1.165, 1.54) is 71.0 Å². The molecule has 2 aliphatic carbocycles. The normalized spacial score (nSPS) is 26.6. The summed E-state index contributed by atoms with van der Waals surface area (Å²) in [7, 11) is 0. The summed E-state index contributed by atoms with van der Waals surface area (Å²) in [6.07, 6.45) is 11.7. The first-order valence-electron chi connectivity index (χ1n) is 7.87. The van der Waals surface area contributed by atoms with Crippen LogP contribution in [0.25, 0.3) is 0 Å². The second kappa shape index (κ2) is 5.71. The average molecular weight is 236 g/mol. The third-order valence-electron chi connectivity index (χ3n) is 4.89. The van der Waals surface area contributed by atoms with Crippen molar-refractivity contribution in [2.24, 2.45) is 17.8 Å². The summed E-state index contributed by atoms with van der Waals surface area (Å²) in [6.45, 7) is 3.79. The van der Waals surface area contributed by atoms with Crippen molar-refractivity contribution >= 4 is 0 Å². The molecule has 0 unspecified atom stereocenters. The van der Waals surface area contributed by atoms with Crippen molar-refractivity contribution in [1.29, 1.82) is 0 Å². The lowest BCUT2D eigenvalue weighted by Gasteiger charge is -2.23. The van der Waals surface area contributed by atoms with E-state index in [1.807, 2.05) is 0 Å². The minimum atomic E-state index is 0.906. The zero-order valence-corrected chi connectivity index (χ0v) is 11.1. The summed E-state index contributed by atoms with van der Waals surface area (Å²) in [5, 5.41) is 7.32. The highest BCUT2D eigenvalue weighted by molar-refractivity contribution is 4.96. The van der Waals surface area contributed by atoms with Crippen LogP contribution in [0.15, 0.2) is 0 Å². The molecular formula is C15H28N2. The van der Waals surface area contributed by atoms with Gasteiger partial charge in [0.2, 0.25) is 0 Å². The lowest BCUT2D eigenvalue weighted by Crippen LogP contribution is -2.34. The zero-order chi connectivity index (χ0) is 11.5. The van der Waals surface area contributed by atoms with Gasteiger partial charge in [-0.25, -0.2) is 0 Å². The lowest BCUT2D eigenvalue weighted by atomic mass is 9.93. The van der Waals surface area contributed by atoms with E-state index in [4.69, 9.17) is 0 Å². The molecule has 17 heavy (non-hydrogen) atoms. The fourth-order valence-corrected chi connectivity index (χ4v) is 3.46. The minimum absolute atomic E-state index is 0.906. The number of rotatable bonds is 7. The maximum absolute atomic E-state index is 3.87. The molecule has 98 valence electrons. The highest BCUT2D eigenvalue weighted by Gasteiger charge is 2.40. The molecule has 3 fully saturated rings. The summed E-state index contributed by atoms with van der Waals surface area (Å²) in [6, 6.07) is 0.906. The van der Waals surface area contributed by atoms with Gasteiger partial charge in [0.05, 0.1) is 0 Å². The molecule has 0 amide bonds. The van der Waals surface area contributed by atoms with Gasteiger partial charge in [0.15, 0.2) is 0 Å². The monoisotopic (exact) mass is 236 g/mol. The van der Waals surface area contributed by atoms with Gasteiger partial charge in [0.25, 0.3) is 0 Å². The lowest BCUT2D eigenvalue weighted by molar-refractivity contribution is 0.334. The quantitative estimate of drug-likeness (QED) is 0.664. The molecule has 3 rings (SSSR count). The summed E-state index contributed by atoms with van der Waals surface area (Å²) >= 11 is 0. The van der Waals surface area contributed by atoms with E-state index in [2.05, 4.69) is 10.6 Å². The summed E-state index contributed by atoms with van der Waals surface area (Å²) in [4.78, 5) is 0. The molecule has 1 saturated heterocycles.